The molecule has 3 aromatic carbocycles. The minimum Gasteiger partial charge on any atom is -0.497 e. The molecule has 7 nitrogen and oxygen atoms in total. The number of methoxy groups -OCH3 is 1. The van der Waals surface area contributed by atoms with Gasteiger partial charge in [0.2, 0.25) is 5.95 Å². The molecule has 0 bridgehead atoms. The van der Waals surface area contributed by atoms with Crippen LogP contribution in [0.5, 0.6) is 5.75 Å². The first-order chi connectivity index (χ1) is 15.7. The van der Waals surface area contributed by atoms with Crippen molar-refractivity contribution in [3.05, 3.63) is 100 Å². The monoisotopic (exact) mass is 421 g/mol. The summed E-state index contributed by atoms with van der Waals surface area (Å²) < 4.78 is 5.21. The Morgan fingerprint density at radius 1 is 1.00 bits per heavy atom. The quantitative estimate of drug-likeness (QED) is 0.354. The highest BCUT2D eigenvalue weighted by atomic mass is 16.5. The normalized spacial score (nSPS) is 10.6. The number of benzene rings is 3. The fourth-order valence-corrected chi connectivity index (χ4v) is 3.18. The van der Waals surface area contributed by atoms with E-state index in [0.717, 1.165) is 22.4 Å². The summed E-state index contributed by atoms with van der Waals surface area (Å²) in [4.78, 5) is 19.2. The Morgan fingerprint density at radius 3 is 2.47 bits per heavy atom. The zero-order valence-electron chi connectivity index (χ0n) is 17.2. The summed E-state index contributed by atoms with van der Waals surface area (Å²) in [6, 6.07) is 26.7. The fraction of sp³-hybridized carbons (Fsp3) is 0.0400. The van der Waals surface area contributed by atoms with Crippen LogP contribution in [-0.4, -0.2) is 23.3 Å². The van der Waals surface area contributed by atoms with Gasteiger partial charge in [-0.05, 0) is 34.9 Å². The van der Waals surface area contributed by atoms with E-state index in [9.17, 15) is 10.1 Å². The van der Waals surface area contributed by atoms with Gasteiger partial charge < -0.3 is 4.74 Å². The Balaban J connectivity index is 1.56. The maximum absolute atomic E-state index is 12.3. The van der Waals surface area contributed by atoms with Gasteiger partial charge in [-0.1, -0.05) is 60.7 Å². The first kappa shape index (κ1) is 20.6. The zero-order chi connectivity index (χ0) is 22.3. The lowest BCUT2D eigenvalue weighted by Crippen LogP contribution is -2.16. The molecule has 0 atom stereocenters. The van der Waals surface area contributed by atoms with Crippen LogP contribution in [0.15, 0.2) is 88.8 Å². The number of hydrazone groups is 1. The molecule has 0 fully saturated rings. The Kier molecular flexibility index (Phi) is 6.05. The van der Waals surface area contributed by atoms with Gasteiger partial charge in [-0.25, -0.2) is 10.4 Å². The van der Waals surface area contributed by atoms with Crippen molar-refractivity contribution in [1.29, 1.82) is 5.26 Å². The van der Waals surface area contributed by atoms with E-state index in [-0.39, 0.29) is 11.5 Å². The molecule has 1 aromatic heterocycles. The van der Waals surface area contributed by atoms with E-state index in [1.165, 1.54) is 0 Å². The Morgan fingerprint density at radius 2 is 1.75 bits per heavy atom. The zero-order valence-corrected chi connectivity index (χ0v) is 17.2. The van der Waals surface area contributed by atoms with Gasteiger partial charge in [0.15, 0.2) is 0 Å². The molecule has 0 aliphatic rings. The maximum Gasteiger partial charge on any atom is 0.270 e. The van der Waals surface area contributed by atoms with Crippen LogP contribution in [0.25, 0.3) is 22.4 Å². The van der Waals surface area contributed by atoms with Gasteiger partial charge >= 0.3 is 0 Å². The van der Waals surface area contributed by atoms with Crippen LogP contribution in [0.1, 0.15) is 11.1 Å². The molecule has 0 radical (unpaired) electrons. The van der Waals surface area contributed by atoms with Crippen LogP contribution in [0, 0.1) is 11.3 Å². The molecule has 0 saturated carbocycles. The van der Waals surface area contributed by atoms with Crippen LogP contribution >= 0.6 is 0 Å². The standard InChI is InChI=1S/C25H19N5O2/c1-32-21-12-10-18(11-13-21)20-9-5-6-17(14-20)16-27-30-25-28-23(19-7-3-2-4-8-19)22(15-26)24(31)29-25/h2-14,16H,1H3,(H2,28,29,30,31). The highest BCUT2D eigenvalue weighted by Gasteiger charge is 2.12. The highest BCUT2D eigenvalue weighted by Crippen LogP contribution is 2.23. The Labute approximate surface area is 184 Å². The van der Waals surface area contributed by atoms with E-state index in [2.05, 4.69) is 20.5 Å². The van der Waals surface area contributed by atoms with Gasteiger partial charge in [0.05, 0.1) is 19.0 Å². The minimum absolute atomic E-state index is 0.0436. The molecule has 4 rings (SSSR count). The Bertz CT molecular complexity index is 1350. The number of ether oxygens (including phenoxy) is 1. The summed E-state index contributed by atoms with van der Waals surface area (Å²) in [6.07, 6.45) is 1.63. The van der Waals surface area contributed by atoms with E-state index in [1.807, 2.05) is 72.8 Å². The maximum atomic E-state index is 12.3. The van der Waals surface area contributed by atoms with Gasteiger partial charge in [0.1, 0.15) is 17.4 Å². The molecule has 32 heavy (non-hydrogen) atoms. The second-order valence-corrected chi connectivity index (χ2v) is 6.84. The van der Waals surface area contributed by atoms with Crippen LogP contribution < -0.4 is 15.7 Å². The second-order valence-electron chi connectivity index (χ2n) is 6.84. The van der Waals surface area contributed by atoms with Crippen molar-refractivity contribution in [2.45, 2.75) is 0 Å². The van der Waals surface area contributed by atoms with Crippen molar-refractivity contribution in [2.75, 3.05) is 12.5 Å². The predicted octanol–water partition coefficient (Wildman–Crippen LogP) is 4.43. The van der Waals surface area contributed by atoms with Crippen molar-refractivity contribution in [3.63, 3.8) is 0 Å². The minimum atomic E-state index is -0.527. The van der Waals surface area contributed by atoms with Crippen molar-refractivity contribution < 1.29 is 4.74 Å². The number of hydrogen-bond acceptors (Lipinski definition) is 6. The van der Waals surface area contributed by atoms with Gasteiger partial charge in [0.25, 0.3) is 5.56 Å². The predicted molar refractivity (Wildman–Crippen MR) is 125 cm³/mol. The van der Waals surface area contributed by atoms with E-state index in [1.54, 1.807) is 25.5 Å². The molecule has 0 amide bonds. The second kappa shape index (κ2) is 9.41. The lowest BCUT2D eigenvalue weighted by Gasteiger charge is -2.06. The summed E-state index contributed by atoms with van der Waals surface area (Å²) in [5.74, 6) is 0.949. The number of nitrogens with zero attached hydrogens (tertiary/aromatic N) is 3. The summed E-state index contributed by atoms with van der Waals surface area (Å²) in [5, 5.41) is 13.6. The third-order valence-electron chi connectivity index (χ3n) is 4.77. The van der Waals surface area contributed by atoms with Crippen molar-refractivity contribution >= 4 is 12.2 Å². The summed E-state index contributed by atoms with van der Waals surface area (Å²) >= 11 is 0. The van der Waals surface area contributed by atoms with Crippen LogP contribution in [0.2, 0.25) is 0 Å². The average Bonchev–Trinajstić information content (AvgIpc) is 2.84. The molecule has 1 heterocycles. The molecule has 2 N–H and O–H groups in total. The molecular formula is C25H19N5O2. The highest BCUT2D eigenvalue weighted by molar-refractivity contribution is 5.83. The Hall–Kier alpha value is -4.70. The van der Waals surface area contributed by atoms with E-state index < -0.39 is 5.56 Å². The molecule has 7 heteroatoms. The number of nitrogens with one attached hydrogen (secondary N) is 2. The first-order valence-corrected chi connectivity index (χ1v) is 9.81. The van der Waals surface area contributed by atoms with E-state index in [4.69, 9.17) is 4.74 Å². The lowest BCUT2D eigenvalue weighted by molar-refractivity contribution is 0.415. The van der Waals surface area contributed by atoms with Crippen molar-refractivity contribution in [1.82, 2.24) is 9.97 Å². The van der Waals surface area contributed by atoms with E-state index in [0.29, 0.717) is 11.3 Å². The molecule has 0 unspecified atom stereocenters. The number of H-pyrrole nitrogens is 1. The summed E-state index contributed by atoms with van der Waals surface area (Å²) in [7, 11) is 1.64. The number of anilines is 1. The van der Waals surface area contributed by atoms with E-state index >= 15 is 0 Å². The number of hydrogen-bond donors (Lipinski definition) is 2. The van der Waals surface area contributed by atoms with Crippen LogP contribution in [0.4, 0.5) is 5.95 Å². The van der Waals surface area contributed by atoms with Gasteiger partial charge in [-0.3, -0.25) is 9.78 Å². The molecule has 4 aromatic rings. The van der Waals surface area contributed by atoms with Crippen LogP contribution in [-0.2, 0) is 0 Å². The molecule has 0 spiro atoms. The molecular weight excluding hydrogens is 402 g/mol. The SMILES string of the molecule is COc1ccc(-c2cccc(C=NNc3nc(-c4ccccc4)c(C#N)c(=O)[nH]3)c2)cc1. The van der Waals surface area contributed by atoms with Crippen LogP contribution in [0.3, 0.4) is 0 Å². The molecule has 156 valence electrons. The molecule has 0 aliphatic heterocycles. The van der Waals surface area contributed by atoms with Gasteiger partial charge in [-0.2, -0.15) is 10.4 Å². The average molecular weight is 421 g/mol. The third kappa shape index (κ3) is 4.55. The number of aromatic nitrogens is 2. The third-order valence-corrected chi connectivity index (χ3v) is 4.77. The van der Waals surface area contributed by atoms with Gasteiger partial charge in [-0.15, -0.1) is 0 Å². The lowest BCUT2D eigenvalue weighted by atomic mass is 10.0. The number of nitriles is 1. The first-order valence-electron chi connectivity index (χ1n) is 9.81. The summed E-state index contributed by atoms with van der Waals surface area (Å²) in [5.41, 5.74) is 6.11. The number of rotatable bonds is 6. The largest absolute Gasteiger partial charge is 0.497 e. The van der Waals surface area contributed by atoms with Gasteiger partial charge in [0, 0.05) is 5.56 Å². The smallest absolute Gasteiger partial charge is 0.270 e. The number of aromatic amines is 1. The summed E-state index contributed by atoms with van der Waals surface area (Å²) in [6.45, 7) is 0. The fourth-order valence-electron chi connectivity index (χ4n) is 3.18. The molecule has 0 aliphatic carbocycles. The van der Waals surface area contributed by atoms with Crippen molar-refractivity contribution in [3.8, 4) is 34.2 Å². The molecule has 0 saturated heterocycles. The van der Waals surface area contributed by atoms with Crippen molar-refractivity contribution in [2.24, 2.45) is 5.10 Å². The topological polar surface area (TPSA) is 103 Å².